The Morgan fingerprint density at radius 3 is 2.78 bits per heavy atom. The summed E-state index contributed by atoms with van der Waals surface area (Å²) in [7, 11) is 1.73. The molecule has 0 atom stereocenters. The third-order valence-electron chi connectivity index (χ3n) is 1.06. The van der Waals surface area contributed by atoms with E-state index in [1.807, 2.05) is 0 Å². The standard InChI is InChI=1S/C5H6ClNOS/c1-7-5(8)4(2-6)3-9-7/h3H,2H2,1H3. The number of aryl methyl sites for hydroxylation is 1. The Kier molecular flexibility index (Phi) is 1.93. The van der Waals surface area contributed by atoms with Gasteiger partial charge in [-0.25, -0.2) is 0 Å². The van der Waals surface area contributed by atoms with Crippen molar-refractivity contribution in [1.29, 1.82) is 0 Å². The Morgan fingerprint density at radius 2 is 2.56 bits per heavy atom. The van der Waals surface area contributed by atoms with Crippen LogP contribution in [0.3, 0.4) is 0 Å². The summed E-state index contributed by atoms with van der Waals surface area (Å²) in [6, 6.07) is 0. The predicted molar refractivity (Wildman–Crippen MR) is 39.1 cm³/mol. The molecule has 0 spiro atoms. The minimum atomic E-state index is 0.0231. The molecule has 1 heterocycles. The summed E-state index contributed by atoms with van der Waals surface area (Å²) in [4.78, 5) is 10.9. The van der Waals surface area contributed by atoms with Gasteiger partial charge < -0.3 is 0 Å². The highest BCUT2D eigenvalue weighted by Crippen LogP contribution is 2.00. The van der Waals surface area contributed by atoms with E-state index in [1.54, 1.807) is 16.4 Å². The van der Waals surface area contributed by atoms with Crippen LogP contribution in [0.4, 0.5) is 0 Å². The highest BCUT2D eigenvalue weighted by Gasteiger charge is 1.99. The van der Waals surface area contributed by atoms with Crippen molar-refractivity contribution in [2.45, 2.75) is 5.88 Å². The van der Waals surface area contributed by atoms with E-state index in [0.29, 0.717) is 11.4 Å². The van der Waals surface area contributed by atoms with E-state index < -0.39 is 0 Å². The molecule has 4 heteroatoms. The molecule has 0 saturated carbocycles. The number of hydrogen-bond acceptors (Lipinski definition) is 2. The molecule has 0 fully saturated rings. The molecule has 50 valence electrons. The summed E-state index contributed by atoms with van der Waals surface area (Å²) in [5.41, 5.74) is 0.708. The molecule has 1 rings (SSSR count). The topological polar surface area (TPSA) is 22.0 Å². The fourth-order valence-electron chi connectivity index (χ4n) is 0.532. The van der Waals surface area contributed by atoms with Crippen LogP contribution in [0.2, 0.25) is 0 Å². The Hall–Kier alpha value is -0.280. The van der Waals surface area contributed by atoms with Gasteiger partial charge in [-0.3, -0.25) is 8.75 Å². The maximum Gasteiger partial charge on any atom is 0.264 e. The first-order valence-electron chi connectivity index (χ1n) is 2.45. The summed E-state index contributed by atoms with van der Waals surface area (Å²) in [5, 5.41) is 1.77. The van der Waals surface area contributed by atoms with Crippen LogP contribution in [0.1, 0.15) is 5.56 Å². The molecular formula is C5H6ClNOS. The summed E-state index contributed by atoms with van der Waals surface area (Å²) < 4.78 is 1.55. The summed E-state index contributed by atoms with van der Waals surface area (Å²) in [6.45, 7) is 0. The minimum Gasteiger partial charge on any atom is -0.268 e. The molecular weight excluding hydrogens is 158 g/mol. The van der Waals surface area contributed by atoms with Gasteiger partial charge in [0.15, 0.2) is 0 Å². The molecule has 0 unspecified atom stereocenters. The Morgan fingerprint density at radius 1 is 1.89 bits per heavy atom. The average Bonchev–Trinajstić information content (AvgIpc) is 2.15. The van der Waals surface area contributed by atoms with E-state index in [4.69, 9.17) is 11.6 Å². The van der Waals surface area contributed by atoms with Crippen molar-refractivity contribution in [2.75, 3.05) is 0 Å². The highest BCUT2D eigenvalue weighted by atomic mass is 35.5. The minimum absolute atomic E-state index is 0.0231. The van der Waals surface area contributed by atoms with Gasteiger partial charge in [0.05, 0.1) is 5.88 Å². The molecule has 1 aromatic heterocycles. The molecule has 0 bridgehead atoms. The lowest BCUT2D eigenvalue weighted by atomic mass is 10.4. The second kappa shape index (κ2) is 2.54. The van der Waals surface area contributed by atoms with Crippen molar-refractivity contribution in [3.05, 3.63) is 21.3 Å². The Balaban J connectivity index is 3.20. The molecule has 0 aliphatic carbocycles. The van der Waals surface area contributed by atoms with E-state index in [2.05, 4.69) is 0 Å². The molecule has 1 aromatic rings. The smallest absolute Gasteiger partial charge is 0.264 e. The largest absolute Gasteiger partial charge is 0.268 e. The molecule has 0 amide bonds. The van der Waals surface area contributed by atoms with Crippen molar-refractivity contribution in [2.24, 2.45) is 7.05 Å². The first-order valence-corrected chi connectivity index (χ1v) is 3.82. The molecule has 0 radical (unpaired) electrons. The van der Waals surface area contributed by atoms with Crippen molar-refractivity contribution in [3.63, 3.8) is 0 Å². The van der Waals surface area contributed by atoms with Crippen LogP contribution in [-0.2, 0) is 12.9 Å². The summed E-state index contributed by atoms with van der Waals surface area (Å²) >= 11 is 6.81. The monoisotopic (exact) mass is 163 g/mol. The zero-order chi connectivity index (χ0) is 6.85. The van der Waals surface area contributed by atoms with Crippen molar-refractivity contribution in [1.82, 2.24) is 3.96 Å². The van der Waals surface area contributed by atoms with Crippen LogP contribution in [0.5, 0.6) is 0 Å². The predicted octanol–water partition coefficient (Wildman–Crippen LogP) is 1.19. The molecule has 0 aliphatic heterocycles. The Bertz CT molecular complexity index is 252. The lowest BCUT2D eigenvalue weighted by Gasteiger charge is -1.80. The van der Waals surface area contributed by atoms with Gasteiger partial charge in [0.1, 0.15) is 0 Å². The number of aromatic nitrogens is 1. The third kappa shape index (κ3) is 1.17. The van der Waals surface area contributed by atoms with Crippen LogP contribution in [0, 0.1) is 0 Å². The average molecular weight is 164 g/mol. The highest BCUT2D eigenvalue weighted by molar-refractivity contribution is 7.04. The second-order valence-electron chi connectivity index (χ2n) is 1.68. The van der Waals surface area contributed by atoms with Crippen molar-refractivity contribution < 1.29 is 0 Å². The Labute approximate surface area is 61.8 Å². The zero-order valence-corrected chi connectivity index (χ0v) is 6.50. The number of rotatable bonds is 1. The van der Waals surface area contributed by atoms with Crippen LogP contribution in [0.15, 0.2) is 10.2 Å². The van der Waals surface area contributed by atoms with Crippen LogP contribution >= 0.6 is 23.1 Å². The SMILES string of the molecule is Cn1scc(CCl)c1=O. The number of halogens is 1. The van der Waals surface area contributed by atoms with Crippen LogP contribution in [-0.4, -0.2) is 3.96 Å². The lowest BCUT2D eigenvalue weighted by Crippen LogP contribution is -2.11. The van der Waals surface area contributed by atoms with Gasteiger partial charge in [-0.05, 0) is 0 Å². The van der Waals surface area contributed by atoms with Crippen molar-refractivity contribution >= 4 is 23.1 Å². The number of alkyl halides is 1. The van der Waals surface area contributed by atoms with Gasteiger partial charge in [0.2, 0.25) is 0 Å². The van der Waals surface area contributed by atoms with E-state index in [0.717, 1.165) is 0 Å². The maximum absolute atomic E-state index is 10.9. The quantitative estimate of drug-likeness (QED) is 0.570. The van der Waals surface area contributed by atoms with Gasteiger partial charge in [0.25, 0.3) is 5.56 Å². The molecule has 2 nitrogen and oxygen atoms in total. The van der Waals surface area contributed by atoms with E-state index in [1.165, 1.54) is 11.5 Å². The normalized spacial score (nSPS) is 10.0. The van der Waals surface area contributed by atoms with Gasteiger partial charge >= 0.3 is 0 Å². The van der Waals surface area contributed by atoms with Gasteiger partial charge in [-0.1, -0.05) is 11.5 Å². The lowest BCUT2D eigenvalue weighted by molar-refractivity contribution is 0.966. The molecule has 0 saturated heterocycles. The first-order chi connectivity index (χ1) is 4.25. The van der Waals surface area contributed by atoms with Crippen molar-refractivity contribution in [3.8, 4) is 0 Å². The van der Waals surface area contributed by atoms with Crippen LogP contribution < -0.4 is 5.56 Å². The fraction of sp³-hybridized carbons (Fsp3) is 0.400. The van der Waals surface area contributed by atoms with E-state index in [9.17, 15) is 4.79 Å². The molecule has 0 aliphatic rings. The van der Waals surface area contributed by atoms with Gasteiger partial charge in [-0.15, -0.1) is 11.6 Å². The van der Waals surface area contributed by atoms with Gasteiger partial charge in [0, 0.05) is 18.0 Å². The van der Waals surface area contributed by atoms with Crippen LogP contribution in [0.25, 0.3) is 0 Å². The number of nitrogens with zero attached hydrogens (tertiary/aromatic N) is 1. The molecule has 0 N–H and O–H groups in total. The number of hydrogen-bond donors (Lipinski definition) is 0. The maximum atomic E-state index is 10.9. The summed E-state index contributed by atoms with van der Waals surface area (Å²) in [5.74, 6) is 0.316. The zero-order valence-electron chi connectivity index (χ0n) is 4.93. The second-order valence-corrected chi connectivity index (χ2v) is 2.95. The van der Waals surface area contributed by atoms with E-state index >= 15 is 0 Å². The molecule has 9 heavy (non-hydrogen) atoms. The van der Waals surface area contributed by atoms with E-state index in [-0.39, 0.29) is 5.56 Å². The fourth-order valence-corrected chi connectivity index (χ4v) is 1.50. The molecule has 0 aromatic carbocycles. The first kappa shape index (κ1) is 6.83. The van der Waals surface area contributed by atoms with Gasteiger partial charge in [-0.2, -0.15) is 0 Å². The third-order valence-corrected chi connectivity index (χ3v) is 2.22. The summed E-state index contributed by atoms with van der Waals surface area (Å²) in [6.07, 6.45) is 0.